The monoisotopic (exact) mass is 446 g/mol. The summed E-state index contributed by atoms with van der Waals surface area (Å²) in [6.07, 6.45) is 2.59. The lowest BCUT2D eigenvalue weighted by Crippen LogP contribution is -2.36. The van der Waals surface area contributed by atoms with Crippen LogP contribution in [0.3, 0.4) is 0 Å². The average molecular weight is 447 g/mol. The Bertz CT molecular complexity index is 1100. The SMILES string of the molecule is Cc1ccc(NS(=O)(=O)c2ccc(F)cc2Cl)cc1S(=O)(=O)N1CCCCC1. The highest BCUT2D eigenvalue weighted by molar-refractivity contribution is 7.92. The summed E-state index contributed by atoms with van der Waals surface area (Å²) >= 11 is 5.85. The maximum absolute atomic E-state index is 13.2. The minimum Gasteiger partial charge on any atom is -0.280 e. The summed E-state index contributed by atoms with van der Waals surface area (Å²) in [5.74, 6) is -0.658. The average Bonchev–Trinajstić information content (AvgIpc) is 2.63. The minimum absolute atomic E-state index is 0.0554. The van der Waals surface area contributed by atoms with Crippen LogP contribution in [0.1, 0.15) is 24.8 Å². The summed E-state index contributed by atoms with van der Waals surface area (Å²) in [7, 11) is -7.84. The second-order valence-electron chi connectivity index (χ2n) is 6.63. The first kappa shape index (κ1) is 21.0. The first-order valence-corrected chi connectivity index (χ1v) is 12.0. The largest absolute Gasteiger partial charge is 0.280 e. The molecule has 0 unspecified atom stereocenters. The zero-order valence-corrected chi connectivity index (χ0v) is 17.5. The van der Waals surface area contributed by atoms with Crippen molar-refractivity contribution in [2.45, 2.75) is 36.0 Å². The maximum Gasteiger partial charge on any atom is 0.263 e. The van der Waals surface area contributed by atoms with Crippen molar-refractivity contribution in [2.24, 2.45) is 0 Å². The van der Waals surface area contributed by atoms with Crippen molar-refractivity contribution in [1.82, 2.24) is 4.31 Å². The van der Waals surface area contributed by atoms with Gasteiger partial charge in [-0.05, 0) is 55.7 Å². The molecule has 1 N–H and O–H groups in total. The van der Waals surface area contributed by atoms with Gasteiger partial charge < -0.3 is 0 Å². The van der Waals surface area contributed by atoms with E-state index in [9.17, 15) is 21.2 Å². The predicted molar refractivity (Wildman–Crippen MR) is 106 cm³/mol. The van der Waals surface area contributed by atoms with E-state index in [1.807, 2.05) is 0 Å². The van der Waals surface area contributed by atoms with Crippen molar-refractivity contribution < 1.29 is 21.2 Å². The molecule has 3 rings (SSSR count). The van der Waals surface area contributed by atoms with Crippen LogP contribution in [0.5, 0.6) is 0 Å². The summed E-state index contributed by atoms with van der Waals surface area (Å²) in [4.78, 5) is -0.239. The highest BCUT2D eigenvalue weighted by Crippen LogP contribution is 2.29. The van der Waals surface area contributed by atoms with Crippen LogP contribution in [-0.2, 0) is 20.0 Å². The fourth-order valence-electron chi connectivity index (χ4n) is 3.09. The van der Waals surface area contributed by atoms with E-state index in [0.717, 1.165) is 37.5 Å². The lowest BCUT2D eigenvalue weighted by molar-refractivity contribution is 0.346. The van der Waals surface area contributed by atoms with Gasteiger partial charge in [-0.25, -0.2) is 21.2 Å². The number of piperidine rings is 1. The number of hydrogen-bond donors (Lipinski definition) is 1. The molecule has 0 aliphatic carbocycles. The Hall–Kier alpha value is -1.68. The highest BCUT2D eigenvalue weighted by atomic mass is 35.5. The Kier molecular flexibility index (Phi) is 6.00. The van der Waals surface area contributed by atoms with Gasteiger partial charge in [0, 0.05) is 13.1 Å². The molecule has 0 bridgehead atoms. The quantitative estimate of drug-likeness (QED) is 0.757. The Morgan fingerprint density at radius 1 is 0.964 bits per heavy atom. The van der Waals surface area contributed by atoms with E-state index < -0.39 is 25.9 Å². The molecule has 152 valence electrons. The molecule has 1 aliphatic heterocycles. The fourth-order valence-corrected chi connectivity index (χ4v) is 6.44. The minimum atomic E-state index is -4.12. The van der Waals surface area contributed by atoms with Crippen LogP contribution in [0.2, 0.25) is 5.02 Å². The van der Waals surface area contributed by atoms with Gasteiger partial charge in [-0.2, -0.15) is 4.31 Å². The molecule has 6 nitrogen and oxygen atoms in total. The standard InChI is InChI=1S/C18H20ClFN2O4S2/c1-13-5-7-15(12-18(13)28(25,26)22-9-3-2-4-10-22)21-27(23,24)17-8-6-14(20)11-16(17)19/h5-8,11-12,21H,2-4,9-10H2,1H3. The number of sulfonamides is 2. The van der Waals surface area contributed by atoms with Gasteiger partial charge in [0.25, 0.3) is 10.0 Å². The van der Waals surface area contributed by atoms with Crippen molar-refractivity contribution in [3.63, 3.8) is 0 Å². The zero-order chi connectivity index (χ0) is 20.5. The van der Waals surface area contributed by atoms with Gasteiger partial charge in [0.1, 0.15) is 10.7 Å². The normalized spacial score (nSPS) is 16.1. The van der Waals surface area contributed by atoms with E-state index in [1.54, 1.807) is 13.0 Å². The van der Waals surface area contributed by atoms with Crippen molar-refractivity contribution in [1.29, 1.82) is 0 Å². The summed E-state index contributed by atoms with van der Waals surface area (Å²) in [5.41, 5.74) is 0.606. The third-order valence-corrected chi connectivity index (χ3v) is 8.46. The van der Waals surface area contributed by atoms with Gasteiger partial charge in [-0.15, -0.1) is 0 Å². The summed E-state index contributed by atoms with van der Waals surface area (Å²) in [6, 6.07) is 7.26. The molecule has 0 aromatic heterocycles. The second-order valence-corrected chi connectivity index (χ2v) is 10.6. The molecule has 2 aromatic rings. The van der Waals surface area contributed by atoms with Gasteiger partial charge in [0.05, 0.1) is 15.6 Å². The topological polar surface area (TPSA) is 83.5 Å². The number of halogens is 2. The third kappa shape index (κ3) is 4.32. The van der Waals surface area contributed by atoms with Gasteiger partial charge in [-0.1, -0.05) is 24.1 Å². The molecule has 1 heterocycles. The van der Waals surface area contributed by atoms with Gasteiger partial charge >= 0.3 is 0 Å². The zero-order valence-electron chi connectivity index (χ0n) is 15.2. The Balaban J connectivity index is 1.95. The molecule has 1 saturated heterocycles. The van der Waals surface area contributed by atoms with E-state index in [0.29, 0.717) is 18.7 Å². The molecule has 10 heteroatoms. The van der Waals surface area contributed by atoms with Gasteiger partial charge in [-0.3, -0.25) is 4.72 Å². The third-order valence-electron chi connectivity index (χ3n) is 4.56. The molecule has 0 amide bonds. The summed E-state index contributed by atoms with van der Waals surface area (Å²) in [5, 5.41) is -0.263. The molecule has 0 spiro atoms. The number of benzene rings is 2. The molecule has 1 fully saturated rings. The Morgan fingerprint density at radius 2 is 1.64 bits per heavy atom. The molecular weight excluding hydrogens is 427 g/mol. The number of nitrogens with one attached hydrogen (secondary N) is 1. The number of hydrogen-bond acceptors (Lipinski definition) is 4. The van der Waals surface area contributed by atoms with Crippen LogP contribution in [-0.4, -0.2) is 34.2 Å². The summed E-state index contributed by atoms with van der Waals surface area (Å²) < 4.78 is 68.1. The molecular formula is C18H20ClFN2O4S2. The summed E-state index contributed by atoms with van der Waals surface area (Å²) in [6.45, 7) is 2.55. The van der Waals surface area contributed by atoms with Crippen LogP contribution in [0.4, 0.5) is 10.1 Å². The Morgan fingerprint density at radius 3 is 2.29 bits per heavy atom. The van der Waals surface area contributed by atoms with E-state index >= 15 is 0 Å². The number of aryl methyl sites for hydroxylation is 1. The highest BCUT2D eigenvalue weighted by Gasteiger charge is 2.28. The van der Waals surface area contributed by atoms with Gasteiger partial charge in [0.15, 0.2) is 0 Å². The van der Waals surface area contributed by atoms with Crippen molar-refractivity contribution in [3.05, 3.63) is 52.8 Å². The molecule has 0 radical (unpaired) electrons. The first-order chi connectivity index (χ1) is 13.1. The van der Waals surface area contributed by atoms with Crippen LogP contribution >= 0.6 is 11.6 Å². The lowest BCUT2D eigenvalue weighted by atomic mass is 10.2. The smallest absolute Gasteiger partial charge is 0.263 e. The number of nitrogens with zero attached hydrogens (tertiary/aromatic N) is 1. The van der Waals surface area contributed by atoms with E-state index in [1.165, 1.54) is 16.4 Å². The maximum atomic E-state index is 13.2. The van der Waals surface area contributed by atoms with Crippen molar-refractivity contribution >= 4 is 37.3 Å². The number of anilines is 1. The van der Waals surface area contributed by atoms with Crippen LogP contribution < -0.4 is 4.72 Å². The van der Waals surface area contributed by atoms with Crippen molar-refractivity contribution in [3.8, 4) is 0 Å². The molecule has 1 aliphatic rings. The Labute approximate surface area is 169 Å². The first-order valence-electron chi connectivity index (χ1n) is 8.70. The van der Waals surface area contributed by atoms with Crippen LogP contribution in [0, 0.1) is 12.7 Å². The molecule has 28 heavy (non-hydrogen) atoms. The van der Waals surface area contributed by atoms with Gasteiger partial charge in [0.2, 0.25) is 10.0 Å². The van der Waals surface area contributed by atoms with E-state index in [-0.39, 0.29) is 20.5 Å². The van der Waals surface area contributed by atoms with Crippen LogP contribution in [0.15, 0.2) is 46.2 Å². The predicted octanol–water partition coefficient (Wildman–Crippen LogP) is 3.76. The molecule has 2 aromatic carbocycles. The fraction of sp³-hybridized carbons (Fsp3) is 0.333. The lowest BCUT2D eigenvalue weighted by Gasteiger charge is -2.26. The second kappa shape index (κ2) is 7.98. The molecule has 0 atom stereocenters. The number of rotatable bonds is 5. The molecule has 0 saturated carbocycles. The van der Waals surface area contributed by atoms with E-state index in [4.69, 9.17) is 11.6 Å². The van der Waals surface area contributed by atoms with E-state index in [2.05, 4.69) is 4.72 Å². The van der Waals surface area contributed by atoms with Crippen LogP contribution in [0.25, 0.3) is 0 Å². The van der Waals surface area contributed by atoms with Crippen molar-refractivity contribution in [2.75, 3.05) is 17.8 Å².